The zero-order chi connectivity index (χ0) is 21.8. The molecule has 0 amide bonds. The molecule has 3 nitrogen and oxygen atoms in total. The fourth-order valence-electron chi connectivity index (χ4n) is 4.19. The second-order valence-electron chi connectivity index (χ2n) is 8.00. The Morgan fingerprint density at radius 2 is 1.74 bits per heavy atom. The Hall–Kier alpha value is -3.33. The molecule has 31 heavy (non-hydrogen) atoms. The van der Waals surface area contributed by atoms with Crippen LogP contribution in [0.1, 0.15) is 37.0 Å². The Morgan fingerprint density at radius 1 is 0.968 bits per heavy atom. The maximum atomic E-state index is 11.5. The molecule has 0 saturated heterocycles. The van der Waals surface area contributed by atoms with Crippen LogP contribution in [0.4, 0.5) is 0 Å². The van der Waals surface area contributed by atoms with E-state index in [9.17, 15) is 4.79 Å². The van der Waals surface area contributed by atoms with Crippen LogP contribution in [0.5, 0.6) is 5.75 Å². The van der Waals surface area contributed by atoms with Gasteiger partial charge in [0.05, 0.1) is 0 Å². The van der Waals surface area contributed by atoms with Crippen LogP contribution < -0.4 is 4.74 Å². The lowest BCUT2D eigenvalue weighted by Crippen LogP contribution is -2.13. The second kappa shape index (κ2) is 9.22. The minimum atomic E-state index is -0.383. The quantitative estimate of drug-likeness (QED) is 0.191. The van der Waals surface area contributed by atoms with Gasteiger partial charge in [-0.25, -0.2) is 4.79 Å². The molecule has 0 saturated carbocycles. The van der Waals surface area contributed by atoms with Gasteiger partial charge in [0.15, 0.2) is 0 Å². The number of carbonyl (C=O) groups excluding carboxylic acids is 1. The number of hydrogen-bond donors (Lipinski definition) is 0. The molecule has 0 atom stereocenters. The predicted octanol–water partition coefficient (Wildman–Crippen LogP) is 6.38. The van der Waals surface area contributed by atoms with Crippen LogP contribution in [-0.2, 0) is 22.4 Å². The molecule has 3 heteroatoms. The molecule has 0 N–H and O–H groups in total. The Bertz CT molecular complexity index is 1130. The number of ether oxygens (including phenoxy) is 2. The number of hydrogen-bond acceptors (Lipinski definition) is 3. The summed E-state index contributed by atoms with van der Waals surface area (Å²) in [5, 5.41) is 0. The monoisotopic (exact) mass is 412 g/mol. The molecule has 3 aromatic carbocycles. The highest BCUT2D eigenvalue weighted by Gasteiger charge is 2.21. The van der Waals surface area contributed by atoms with Crippen molar-refractivity contribution < 1.29 is 14.3 Å². The molecule has 3 aromatic rings. The van der Waals surface area contributed by atoms with Gasteiger partial charge in [0, 0.05) is 5.57 Å². The molecule has 0 aliphatic heterocycles. The van der Waals surface area contributed by atoms with Gasteiger partial charge in [-0.2, -0.15) is 0 Å². The highest BCUT2D eigenvalue weighted by Crippen LogP contribution is 2.42. The number of carbonyl (C=O) groups is 1. The normalized spacial score (nSPS) is 11.5. The van der Waals surface area contributed by atoms with Crippen LogP contribution in [0.15, 0.2) is 72.8 Å². The van der Waals surface area contributed by atoms with Gasteiger partial charge < -0.3 is 9.47 Å². The summed E-state index contributed by atoms with van der Waals surface area (Å²) in [5.74, 6) is 0.472. The van der Waals surface area contributed by atoms with Crippen LogP contribution in [0.3, 0.4) is 0 Å². The van der Waals surface area contributed by atoms with Gasteiger partial charge in [-0.05, 0) is 70.8 Å². The fraction of sp³-hybridized carbons (Fsp3) is 0.250. The average molecular weight is 413 g/mol. The van der Waals surface area contributed by atoms with Crippen LogP contribution in [-0.4, -0.2) is 19.2 Å². The molecular weight excluding hydrogens is 384 g/mol. The zero-order valence-corrected chi connectivity index (χ0v) is 18.2. The lowest BCUT2D eigenvalue weighted by atomic mass is 9.93. The number of benzene rings is 3. The van der Waals surface area contributed by atoms with Crippen LogP contribution in [0.2, 0.25) is 0 Å². The molecule has 0 heterocycles. The lowest BCUT2D eigenvalue weighted by molar-refractivity contribution is -0.139. The standard InChI is InChI=1S/C28H28O3/c1-4-8-22-17-21(13-14-27(22)30-15-16-31-28(29)19(2)3)24-11-7-12-25-23-10-6-5-9-20(23)18-26(24)25/h5-7,9-14,17H,2,4,8,15-16,18H2,1,3H3. The van der Waals surface area contributed by atoms with Crippen molar-refractivity contribution in [2.24, 2.45) is 0 Å². The number of esters is 1. The van der Waals surface area contributed by atoms with E-state index in [2.05, 4.69) is 68.1 Å². The molecular formula is C28H28O3. The third kappa shape index (κ3) is 4.41. The van der Waals surface area contributed by atoms with Crippen molar-refractivity contribution in [2.75, 3.05) is 13.2 Å². The molecule has 0 bridgehead atoms. The summed E-state index contributed by atoms with van der Waals surface area (Å²) < 4.78 is 11.1. The third-order valence-corrected chi connectivity index (χ3v) is 5.66. The number of fused-ring (bicyclic) bond motifs is 3. The highest BCUT2D eigenvalue weighted by molar-refractivity contribution is 5.87. The lowest BCUT2D eigenvalue weighted by Gasteiger charge is -2.15. The second-order valence-corrected chi connectivity index (χ2v) is 8.00. The molecule has 0 unspecified atom stereocenters. The van der Waals surface area contributed by atoms with Crippen LogP contribution in [0.25, 0.3) is 22.3 Å². The predicted molar refractivity (Wildman–Crippen MR) is 125 cm³/mol. The topological polar surface area (TPSA) is 35.5 Å². The molecule has 0 radical (unpaired) electrons. The van der Waals surface area contributed by atoms with Crippen molar-refractivity contribution in [3.8, 4) is 28.0 Å². The van der Waals surface area contributed by atoms with Gasteiger partial charge in [0.1, 0.15) is 19.0 Å². The van der Waals surface area contributed by atoms with Crippen molar-refractivity contribution in [3.63, 3.8) is 0 Å². The maximum absolute atomic E-state index is 11.5. The van der Waals surface area contributed by atoms with E-state index < -0.39 is 0 Å². The summed E-state index contributed by atoms with van der Waals surface area (Å²) in [4.78, 5) is 11.5. The number of rotatable bonds is 8. The highest BCUT2D eigenvalue weighted by atomic mass is 16.6. The van der Waals surface area contributed by atoms with Crippen molar-refractivity contribution in [2.45, 2.75) is 33.1 Å². The Kier molecular flexibility index (Phi) is 6.22. The van der Waals surface area contributed by atoms with Crippen molar-refractivity contribution in [3.05, 3.63) is 89.5 Å². The molecule has 158 valence electrons. The smallest absolute Gasteiger partial charge is 0.333 e. The minimum Gasteiger partial charge on any atom is -0.490 e. The SMILES string of the molecule is C=C(C)C(=O)OCCOc1ccc(-c2cccc3c2Cc2ccccc2-3)cc1CCC. The van der Waals surface area contributed by atoms with Crippen molar-refractivity contribution in [1.29, 1.82) is 0 Å². The van der Waals surface area contributed by atoms with Gasteiger partial charge in [-0.3, -0.25) is 0 Å². The summed E-state index contributed by atoms with van der Waals surface area (Å²) in [6, 6.07) is 21.7. The summed E-state index contributed by atoms with van der Waals surface area (Å²) in [6.45, 7) is 7.94. The van der Waals surface area contributed by atoms with E-state index in [1.165, 1.54) is 38.9 Å². The largest absolute Gasteiger partial charge is 0.490 e. The third-order valence-electron chi connectivity index (χ3n) is 5.66. The van der Waals surface area contributed by atoms with Crippen LogP contribution in [0, 0.1) is 0 Å². The molecule has 4 rings (SSSR count). The first-order valence-electron chi connectivity index (χ1n) is 10.9. The Labute approximate surface area is 184 Å². The maximum Gasteiger partial charge on any atom is 0.333 e. The van der Waals surface area contributed by atoms with E-state index >= 15 is 0 Å². The van der Waals surface area contributed by atoms with Gasteiger partial charge >= 0.3 is 5.97 Å². The Morgan fingerprint density at radius 3 is 2.55 bits per heavy atom. The van der Waals surface area contributed by atoms with Gasteiger partial charge in [0.25, 0.3) is 0 Å². The van der Waals surface area contributed by atoms with Crippen molar-refractivity contribution >= 4 is 5.97 Å². The summed E-state index contributed by atoms with van der Waals surface area (Å²) in [6.07, 6.45) is 2.93. The zero-order valence-electron chi connectivity index (χ0n) is 18.2. The Balaban J connectivity index is 1.56. The van der Waals surface area contributed by atoms with E-state index in [4.69, 9.17) is 9.47 Å². The summed E-state index contributed by atoms with van der Waals surface area (Å²) >= 11 is 0. The van der Waals surface area contributed by atoms with Gasteiger partial charge in [0.2, 0.25) is 0 Å². The molecule has 0 spiro atoms. The van der Waals surface area contributed by atoms with E-state index in [0.29, 0.717) is 12.2 Å². The fourth-order valence-corrected chi connectivity index (χ4v) is 4.19. The average Bonchev–Trinajstić information content (AvgIpc) is 3.16. The first-order valence-corrected chi connectivity index (χ1v) is 10.9. The number of aryl methyl sites for hydroxylation is 1. The molecule has 1 aliphatic rings. The van der Waals surface area contributed by atoms with E-state index in [-0.39, 0.29) is 12.6 Å². The summed E-state index contributed by atoms with van der Waals surface area (Å²) in [7, 11) is 0. The van der Waals surface area contributed by atoms with E-state index in [0.717, 1.165) is 25.0 Å². The minimum absolute atomic E-state index is 0.212. The van der Waals surface area contributed by atoms with E-state index in [1.54, 1.807) is 6.92 Å². The van der Waals surface area contributed by atoms with Gasteiger partial charge in [-0.15, -0.1) is 0 Å². The van der Waals surface area contributed by atoms with Crippen LogP contribution >= 0.6 is 0 Å². The van der Waals surface area contributed by atoms with Crippen molar-refractivity contribution in [1.82, 2.24) is 0 Å². The molecule has 1 aliphatic carbocycles. The summed E-state index contributed by atoms with van der Waals surface area (Å²) in [5.41, 5.74) is 9.55. The van der Waals surface area contributed by atoms with Gasteiger partial charge in [-0.1, -0.05) is 68.5 Å². The van der Waals surface area contributed by atoms with E-state index in [1.807, 2.05) is 6.07 Å². The molecule has 0 fully saturated rings. The first-order chi connectivity index (χ1) is 15.1. The molecule has 0 aromatic heterocycles. The first kappa shape index (κ1) is 20.9.